The van der Waals surface area contributed by atoms with Gasteiger partial charge in [0, 0.05) is 13.5 Å². The van der Waals surface area contributed by atoms with Crippen molar-refractivity contribution in [3.63, 3.8) is 0 Å². The third kappa shape index (κ3) is 3.12. The van der Waals surface area contributed by atoms with Gasteiger partial charge in [-0.05, 0) is 24.0 Å². The smallest absolute Gasteiger partial charge is 0.318 e. The monoisotopic (exact) mass is 330 g/mol. The molecule has 0 spiro atoms. The van der Waals surface area contributed by atoms with Gasteiger partial charge >= 0.3 is 6.03 Å². The van der Waals surface area contributed by atoms with Crippen LogP contribution in [0.4, 0.5) is 4.79 Å². The maximum Gasteiger partial charge on any atom is 0.318 e. The minimum Gasteiger partial charge on any atom is -0.394 e. The number of benzene rings is 1. The second kappa shape index (κ2) is 7.00. The van der Waals surface area contributed by atoms with Gasteiger partial charge in [0.1, 0.15) is 0 Å². The molecule has 0 radical (unpaired) electrons. The molecule has 0 bridgehead atoms. The summed E-state index contributed by atoms with van der Waals surface area (Å²) in [5.41, 5.74) is 2.19. The summed E-state index contributed by atoms with van der Waals surface area (Å²) < 4.78 is 5.00. The zero-order chi connectivity index (χ0) is 17.1. The first kappa shape index (κ1) is 16.4. The number of fused-ring (bicyclic) bond motifs is 1. The van der Waals surface area contributed by atoms with Crippen LogP contribution < -0.4 is 5.32 Å². The lowest BCUT2D eigenvalue weighted by atomic mass is 9.93. The van der Waals surface area contributed by atoms with Crippen molar-refractivity contribution in [2.75, 3.05) is 13.2 Å². The van der Waals surface area contributed by atoms with E-state index in [2.05, 4.69) is 15.5 Å². The van der Waals surface area contributed by atoms with Crippen LogP contribution in [0.1, 0.15) is 48.3 Å². The molecule has 1 aliphatic heterocycles. The maximum absolute atomic E-state index is 12.7. The van der Waals surface area contributed by atoms with Crippen molar-refractivity contribution in [1.82, 2.24) is 20.4 Å². The molecular formula is C17H22N4O3. The van der Waals surface area contributed by atoms with Crippen LogP contribution in [-0.2, 0) is 6.42 Å². The number of aromatic nitrogens is 2. The van der Waals surface area contributed by atoms with E-state index in [0.29, 0.717) is 24.7 Å². The zero-order valence-corrected chi connectivity index (χ0v) is 13.9. The summed E-state index contributed by atoms with van der Waals surface area (Å²) in [4.78, 5) is 18.6. The van der Waals surface area contributed by atoms with Crippen LogP contribution >= 0.6 is 0 Å². The van der Waals surface area contributed by atoms with Crippen LogP contribution in [0.25, 0.3) is 0 Å². The zero-order valence-electron chi connectivity index (χ0n) is 13.9. The van der Waals surface area contributed by atoms with Crippen LogP contribution in [0, 0.1) is 6.92 Å². The topological polar surface area (TPSA) is 91.5 Å². The average Bonchev–Trinajstić information content (AvgIpc) is 3.04. The lowest BCUT2D eigenvalue weighted by molar-refractivity contribution is 0.124. The molecule has 1 aromatic heterocycles. The predicted molar refractivity (Wildman–Crippen MR) is 87.3 cm³/mol. The number of amides is 2. The largest absolute Gasteiger partial charge is 0.394 e. The first-order valence-electron chi connectivity index (χ1n) is 8.20. The number of nitrogens with one attached hydrogen (secondary N) is 1. The Kier molecular flexibility index (Phi) is 4.80. The van der Waals surface area contributed by atoms with Crippen LogP contribution in [0.3, 0.4) is 0 Å². The average molecular weight is 330 g/mol. The predicted octanol–water partition coefficient (Wildman–Crippen LogP) is 2.13. The second-order valence-electron chi connectivity index (χ2n) is 5.92. The van der Waals surface area contributed by atoms with E-state index >= 15 is 0 Å². The summed E-state index contributed by atoms with van der Waals surface area (Å²) in [6, 6.07) is 7.05. The SMILES string of the molecule is CCC(NC(=O)N1CCc2ccccc2C1CO)c1noc(C)n1. The summed E-state index contributed by atoms with van der Waals surface area (Å²) in [5.74, 6) is 0.944. The molecule has 2 aromatic rings. The molecule has 2 amide bonds. The highest BCUT2D eigenvalue weighted by molar-refractivity contribution is 5.75. The summed E-state index contributed by atoms with van der Waals surface area (Å²) in [7, 11) is 0. The summed E-state index contributed by atoms with van der Waals surface area (Å²) in [5, 5.41) is 16.7. The fourth-order valence-corrected chi connectivity index (χ4v) is 3.13. The minimum atomic E-state index is -0.334. The molecule has 2 N–H and O–H groups in total. The number of aliphatic hydroxyl groups excluding tert-OH is 1. The Morgan fingerprint density at radius 1 is 1.50 bits per heavy atom. The molecule has 0 fully saturated rings. The first-order valence-corrected chi connectivity index (χ1v) is 8.20. The number of nitrogens with zero attached hydrogens (tertiary/aromatic N) is 3. The lowest BCUT2D eigenvalue weighted by Gasteiger charge is -2.37. The standard InChI is InChI=1S/C17H22N4O3/c1-3-14(16-18-11(2)24-20-16)19-17(23)21-9-8-12-6-4-5-7-13(12)15(21)10-22/h4-7,14-15,22H,3,8-10H2,1-2H3,(H,19,23). The molecule has 3 rings (SSSR count). The van der Waals surface area contributed by atoms with Crippen molar-refractivity contribution >= 4 is 6.03 Å². The van der Waals surface area contributed by atoms with E-state index in [-0.39, 0.29) is 24.7 Å². The molecule has 2 heterocycles. The Morgan fingerprint density at radius 2 is 2.29 bits per heavy atom. The molecule has 0 saturated carbocycles. The number of urea groups is 1. The number of rotatable bonds is 4. The number of carbonyl (C=O) groups is 1. The molecule has 0 aliphatic carbocycles. The van der Waals surface area contributed by atoms with Gasteiger partial charge < -0.3 is 19.8 Å². The molecule has 2 atom stereocenters. The third-order valence-electron chi connectivity index (χ3n) is 4.41. The van der Waals surface area contributed by atoms with Crippen molar-refractivity contribution in [2.45, 2.75) is 38.8 Å². The Bertz CT molecular complexity index is 715. The van der Waals surface area contributed by atoms with Crippen LogP contribution in [-0.4, -0.2) is 39.3 Å². The van der Waals surface area contributed by atoms with Gasteiger partial charge in [-0.15, -0.1) is 0 Å². The van der Waals surface area contributed by atoms with E-state index in [9.17, 15) is 9.90 Å². The van der Waals surface area contributed by atoms with Crippen molar-refractivity contribution in [3.05, 3.63) is 47.1 Å². The van der Waals surface area contributed by atoms with Gasteiger partial charge in [-0.3, -0.25) is 0 Å². The van der Waals surface area contributed by atoms with Gasteiger partial charge in [-0.25, -0.2) is 4.79 Å². The van der Waals surface area contributed by atoms with Crippen LogP contribution in [0.2, 0.25) is 0 Å². The number of hydrogen-bond acceptors (Lipinski definition) is 5. The van der Waals surface area contributed by atoms with Gasteiger partial charge in [0.05, 0.1) is 18.7 Å². The highest BCUT2D eigenvalue weighted by atomic mass is 16.5. The summed E-state index contributed by atoms with van der Waals surface area (Å²) >= 11 is 0. The van der Waals surface area contributed by atoms with Gasteiger partial charge in [0.2, 0.25) is 5.89 Å². The van der Waals surface area contributed by atoms with E-state index in [1.807, 2.05) is 31.2 Å². The fraction of sp³-hybridized carbons (Fsp3) is 0.471. The second-order valence-corrected chi connectivity index (χ2v) is 5.92. The summed E-state index contributed by atoms with van der Waals surface area (Å²) in [6.07, 6.45) is 1.43. The molecular weight excluding hydrogens is 308 g/mol. The quantitative estimate of drug-likeness (QED) is 0.896. The van der Waals surface area contributed by atoms with Crippen molar-refractivity contribution in [3.8, 4) is 0 Å². The normalized spacial score (nSPS) is 18.1. The van der Waals surface area contributed by atoms with E-state index in [1.54, 1.807) is 11.8 Å². The van der Waals surface area contributed by atoms with E-state index in [0.717, 1.165) is 12.0 Å². The van der Waals surface area contributed by atoms with Gasteiger partial charge in [-0.1, -0.05) is 36.3 Å². The number of carbonyl (C=O) groups excluding carboxylic acids is 1. The first-order chi connectivity index (χ1) is 11.6. The van der Waals surface area contributed by atoms with E-state index < -0.39 is 0 Å². The maximum atomic E-state index is 12.7. The van der Waals surface area contributed by atoms with E-state index in [4.69, 9.17) is 4.52 Å². The van der Waals surface area contributed by atoms with Crippen molar-refractivity contribution in [2.24, 2.45) is 0 Å². The molecule has 7 nitrogen and oxygen atoms in total. The Morgan fingerprint density at radius 3 is 2.96 bits per heavy atom. The molecule has 1 aliphatic rings. The minimum absolute atomic E-state index is 0.109. The number of aryl methyl sites for hydroxylation is 1. The Balaban J connectivity index is 1.77. The molecule has 2 unspecified atom stereocenters. The Labute approximate surface area is 140 Å². The van der Waals surface area contributed by atoms with E-state index in [1.165, 1.54) is 5.56 Å². The molecule has 0 saturated heterocycles. The Hall–Kier alpha value is -2.41. The third-order valence-corrected chi connectivity index (χ3v) is 4.41. The highest BCUT2D eigenvalue weighted by Gasteiger charge is 2.31. The van der Waals surface area contributed by atoms with Crippen LogP contribution in [0.5, 0.6) is 0 Å². The van der Waals surface area contributed by atoms with Crippen LogP contribution in [0.15, 0.2) is 28.8 Å². The molecule has 1 aromatic carbocycles. The highest BCUT2D eigenvalue weighted by Crippen LogP contribution is 2.29. The van der Waals surface area contributed by atoms with Gasteiger partial charge in [0.25, 0.3) is 0 Å². The van der Waals surface area contributed by atoms with Gasteiger partial charge in [-0.2, -0.15) is 4.98 Å². The van der Waals surface area contributed by atoms with Crippen molar-refractivity contribution < 1.29 is 14.4 Å². The summed E-state index contributed by atoms with van der Waals surface area (Å²) in [6.45, 7) is 4.12. The molecule has 7 heteroatoms. The molecule has 24 heavy (non-hydrogen) atoms. The number of hydrogen-bond donors (Lipinski definition) is 2. The molecule has 128 valence electrons. The lowest BCUT2D eigenvalue weighted by Crippen LogP contribution is -2.47. The fourth-order valence-electron chi connectivity index (χ4n) is 3.13. The van der Waals surface area contributed by atoms with Crippen molar-refractivity contribution in [1.29, 1.82) is 0 Å². The number of aliphatic hydroxyl groups is 1. The van der Waals surface area contributed by atoms with Gasteiger partial charge in [0.15, 0.2) is 5.82 Å².